The second-order valence-electron chi connectivity index (χ2n) is 2.52. The first-order valence-electron chi connectivity index (χ1n) is 5.20. The molecule has 0 aromatic carbocycles. The van der Waals surface area contributed by atoms with E-state index in [9.17, 15) is 9.59 Å². The summed E-state index contributed by atoms with van der Waals surface area (Å²) < 4.78 is 8.85. The van der Waals surface area contributed by atoms with E-state index in [1.807, 2.05) is 0 Å². The van der Waals surface area contributed by atoms with E-state index in [0.29, 0.717) is 0 Å². The molecule has 8 nitrogen and oxygen atoms in total. The van der Waals surface area contributed by atoms with Crippen LogP contribution in [-0.2, 0) is 28.8 Å². The minimum Gasteiger partial charge on any atom is -0.463 e. The van der Waals surface area contributed by atoms with Crippen molar-refractivity contribution in [2.24, 2.45) is 0 Å². The molecular weight excluding hydrogens is 260 g/mol. The second kappa shape index (κ2) is 16.1. The molecule has 0 aliphatic heterocycles. The highest BCUT2D eigenvalue weighted by Crippen LogP contribution is 1.92. The summed E-state index contributed by atoms with van der Waals surface area (Å²) in [5.74, 6) is -1.63. The van der Waals surface area contributed by atoms with Gasteiger partial charge in [-0.15, -0.1) is 13.2 Å². The summed E-state index contributed by atoms with van der Waals surface area (Å²) in [5.41, 5.74) is 0. The molecule has 0 unspecified atom stereocenters. The third-order valence-corrected chi connectivity index (χ3v) is 1.20. The fourth-order valence-corrected chi connectivity index (χ4v) is 0.621. The number of hydrogen-bond acceptors (Lipinski definition) is 8. The molecule has 0 fully saturated rings. The minimum absolute atomic E-state index is 0.0221. The Morgan fingerprint density at radius 3 is 2.21 bits per heavy atom. The van der Waals surface area contributed by atoms with Crippen LogP contribution in [0.1, 0.15) is 6.42 Å². The van der Waals surface area contributed by atoms with E-state index < -0.39 is 18.4 Å². The molecule has 0 radical (unpaired) electrons. The number of aliphatic hydroxyl groups excluding tert-OH is 2. The van der Waals surface area contributed by atoms with Crippen LogP contribution in [0.25, 0.3) is 0 Å². The first-order valence-corrected chi connectivity index (χ1v) is 5.20. The van der Waals surface area contributed by atoms with E-state index in [-0.39, 0.29) is 26.4 Å². The lowest BCUT2D eigenvalue weighted by atomic mass is 10.4. The number of hydrogen-bond donors (Lipinski definition) is 2. The molecule has 0 aliphatic rings. The van der Waals surface area contributed by atoms with E-state index in [0.717, 1.165) is 12.5 Å². The molecule has 2 N–H and O–H groups in total. The van der Waals surface area contributed by atoms with Gasteiger partial charge in [0.1, 0.15) is 25.9 Å². The van der Waals surface area contributed by atoms with Gasteiger partial charge in [0.25, 0.3) is 0 Å². The number of carbonyl (C=O) groups is 2. The first-order chi connectivity index (χ1) is 9.20. The molecule has 0 spiro atoms. The molecule has 8 heteroatoms. The predicted molar refractivity (Wildman–Crippen MR) is 63.3 cm³/mol. The van der Waals surface area contributed by atoms with E-state index in [1.54, 1.807) is 0 Å². The summed E-state index contributed by atoms with van der Waals surface area (Å²) in [5, 5.41) is 16.6. The standard InChI is InChI=1S/C9H14O8.C2H4/c10-1-3-14-8(12)7-9(13)15-5-6-17-16-4-2-11;1-2/h5-6,10-11H,1-4,7H2;1-2H2/b6-5+;. The molecule has 110 valence electrons. The van der Waals surface area contributed by atoms with Gasteiger partial charge in [-0.3, -0.25) is 9.59 Å². The van der Waals surface area contributed by atoms with Gasteiger partial charge in [-0.05, 0) is 0 Å². The zero-order valence-electron chi connectivity index (χ0n) is 10.4. The Morgan fingerprint density at radius 1 is 1.00 bits per heavy atom. The van der Waals surface area contributed by atoms with Crippen molar-refractivity contribution in [1.82, 2.24) is 0 Å². The average molecular weight is 278 g/mol. The van der Waals surface area contributed by atoms with Gasteiger partial charge in [0, 0.05) is 0 Å². The Labute approximate surface area is 110 Å². The third kappa shape index (κ3) is 16.1. The quantitative estimate of drug-likeness (QED) is 0.112. The first kappa shape index (κ1) is 19.4. The van der Waals surface area contributed by atoms with E-state index in [4.69, 9.17) is 10.2 Å². The Balaban J connectivity index is 0. The smallest absolute Gasteiger partial charge is 0.322 e. The molecule has 0 saturated carbocycles. The number of carbonyl (C=O) groups excluding carboxylic acids is 2. The molecule has 0 atom stereocenters. The maximum atomic E-state index is 10.9. The van der Waals surface area contributed by atoms with Gasteiger partial charge in [0.2, 0.25) is 0 Å². The van der Waals surface area contributed by atoms with Crippen LogP contribution in [0, 0.1) is 0 Å². The van der Waals surface area contributed by atoms with Crippen molar-refractivity contribution >= 4 is 11.9 Å². The fraction of sp³-hybridized carbons (Fsp3) is 0.455. The average Bonchev–Trinajstić information content (AvgIpc) is 2.42. The van der Waals surface area contributed by atoms with Gasteiger partial charge in [-0.1, -0.05) is 0 Å². The molecule has 0 heterocycles. The number of ether oxygens (including phenoxy) is 2. The molecule has 0 aromatic heterocycles. The largest absolute Gasteiger partial charge is 0.463 e. The van der Waals surface area contributed by atoms with Gasteiger partial charge >= 0.3 is 11.9 Å². The third-order valence-electron chi connectivity index (χ3n) is 1.20. The lowest BCUT2D eigenvalue weighted by molar-refractivity contribution is -0.254. The summed E-state index contributed by atoms with van der Waals surface area (Å²) in [4.78, 5) is 30.5. The van der Waals surface area contributed by atoms with Crippen molar-refractivity contribution in [2.45, 2.75) is 6.42 Å². The zero-order chi connectivity index (χ0) is 14.9. The molecule has 0 amide bonds. The van der Waals surface area contributed by atoms with Crippen molar-refractivity contribution in [1.29, 1.82) is 0 Å². The van der Waals surface area contributed by atoms with Gasteiger partial charge in [0.15, 0.2) is 6.26 Å². The van der Waals surface area contributed by atoms with E-state index in [2.05, 4.69) is 32.4 Å². The molecule has 0 saturated heterocycles. The Morgan fingerprint density at radius 2 is 1.63 bits per heavy atom. The summed E-state index contributed by atoms with van der Waals surface area (Å²) in [6, 6.07) is 0. The van der Waals surface area contributed by atoms with E-state index in [1.165, 1.54) is 0 Å². The molecule has 0 bridgehead atoms. The van der Waals surface area contributed by atoms with Crippen LogP contribution in [0.5, 0.6) is 0 Å². The molecule has 0 aliphatic carbocycles. The molecule has 0 rings (SSSR count). The van der Waals surface area contributed by atoms with Crippen LogP contribution < -0.4 is 0 Å². The minimum atomic E-state index is -0.838. The van der Waals surface area contributed by atoms with Crippen LogP contribution in [0.3, 0.4) is 0 Å². The van der Waals surface area contributed by atoms with Crippen LogP contribution in [0.2, 0.25) is 0 Å². The van der Waals surface area contributed by atoms with Crippen molar-refractivity contribution in [3.63, 3.8) is 0 Å². The number of aliphatic hydroxyl groups is 2. The zero-order valence-corrected chi connectivity index (χ0v) is 10.4. The monoisotopic (exact) mass is 278 g/mol. The molecule has 19 heavy (non-hydrogen) atoms. The van der Waals surface area contributed by atoms with Crippen molar-refractivity contribution < 1.29 is 39.1 Å². The summed E-state index contributed by atoms with van der Waals surface area (Å²) >= 11 is 0. The van der Waals surface area contributed by atoms with Gasteiger partial charge in [-0.2, -0.15) is 4.89 Å². The van der Waals surface area contributed by atoms with Crippen molar-refractivity contribution in [2.75, 3.05) is 26.4 Å². The highest BCUT2D eigenvalue weighted by Gasteiger charge is 2.10. The Hall–Kier alpha value is -1.90. The SMILES string of the molecule is C=C.O=C(CC(=O)OCCO)O/C=C/OOCCO. The highest BCUT2D eigenvalue weighted by atomic mass is 17.2. The van der Waals surface area contributed by atoms with Crippen LogP contribution >= 0.6 is 0 Å². The molecule has 0 aromatic rings. The van der Waals surface area contributed by atoms with Gasteiger partial charge in [-0.25, -0.2) is 0 Å². The summed E-state index contributed by atoms with van der Waals surface area (Å²) in [6.45, 7) is 5.30. The lowest BCUT2D eigenvalue weighted by Gasteiger charge is -2.01. The van der Waals surface area contributed by atoms with Gasteiger partial charge < -0.3 is 24.6 Å². The highest BCUT2D eigenvalue weighted by molar-refractivity contribution is 5.91. The van der Waals surface area contributed by atoms with Crippen molar-refractivity contribution in [3.05, 3.63) is 25.7 Å². The van der Waals surface area contributed by atoms with E-state index >= 15 is 0 Å². The van der Waals surface area contributed by atoms with Crippen molar-refractivity contribution in [3.8, 4) is 0 Å². The topological polar surface area (TPSA) is 112 Å². The summed E-state index contributed by atoms with van der Waals surface area (Å²) in [6.07, 6.45) is 1.23. The summed E-state index contributed by atoms with van der Waals surface area (Å²) in [7, 11) is 0. The fourth-order valence-electron chi connectivity index (χ4n) is 0.621. The van der Waals surface area contributed by atoms with Crippen LogP contribution in [0.4, 0.5) is 0 Å². The maximum absolute atomic E-state index is 10.9. The predicted octanol–water partition coefficient (Wildman–Crippen LogP) is -0.331. The second-order valence-corrected chi connectivity index (χ2v) is 2.52. The normalized spacial score (nSPS) is 9.37. The maximum Gasteiger partial charge on any atom is 0.322 e. The molecular formula is C11H18O8. The number of rotatable bonds is 9. The van der Waals surface area contributed by atoms with Crippen LogP contribution in [-0.4, -0.2) is 48.6 Å². The number of esters is 2. The van der Waals surface area contributed by atoms with Gasteiger partial charge in [0.05, 0.1) is 13.2 Å². The van der Waals surface area contributed by atoms with Crippen LogP contribution in [0.15, 0.2) is 25.7 Å². The lowest BCUT2D eigenvalue weighted by Crippen LogP contribution is -2.14. The Kier molecular flexibility index (Phi) is 16.5. The Bertz CT molecular complexity index is 263.